The molecule has 0 aliphatic carbocycles. The maximum atomic E-state index is 13.8. The number of halogens is 6. The highest BCUT2D eigenvalue weighted by atomic mass is 19.4. The standard InChI is InChI=1S/C37H24BF6N/c39-36(40,41)27-20-26(21-28(22-27)37(42,43)44)33-23-31(45-35-19-11-10-18-32(33)35)24-34(25-12-4-1-5-13-25)38(29-14-6-2-7-15-29)30-16-8-3-9-17-30/h1-24H/b34-24-. The van der Waals surface area contributed by atoms with Crippen LogP contribution in [-0.4, -0.2) is 11.7 Å². The zero-order chi connectivity index (χ0) is 31.6. The summed E-state index contributed by atoms with van der Waals surface area (Å²) in [5.41, 5.74) is 1.88. The molecule has 1 aromatic heterocycles. The van der Waals surface area contributed by atoms with Gasteiger partial charge in [-0.05, 0) is 53.1 Å². The van der Waals surface area contributed by atoms with Crippen LogP contribution in [0.25, 0.3) is 33.6 Å². The molecule has 1 heterocycles. The number of aromatic nitrogens is 1. The predicted octanol–water partition coefficient (Wildman–Crippen LogP) is 9.33. The van der Waals surface area contributed by atoms with Crippen molar-refractivity contribution in [2.75, 3.05) is 0 Å². The van der Waals surface area contributed by atoms with Crippen LogP contribution in [0.4, 0.5) is 26.3 Å². The van der Waals surface area contributed by atoms with Crippen LogP contribution in [0.2, 0.25) is 0 Å². The fourth-order valence-corrected chi connectivity index (χ4v) is 5.58. The van der Waals surface area contributed by atoms with E-state index in [1.54, 1.807) is 30.3 Å². The molecule has 1 nitrogen and oxygen atoms in total. The molecule has 0 unspecified atom stereocenters. The van der Waals surface area contributed by atoms with Gasteiger partial charge in [0.1, 0.15) is 0 Å². The van der Waals surface area contributed by atoms with Crippen molar-refractivity contribution < 1.29 is 26.3 Å². The Labute approximate surface area is 256 Å². The first-order chi connectivity index (χ1) is 21.6. The van der Waals surface area contributed by atoms with Gasteiger partial charge in [-0.25, -0.2) is 4.98 Å². The van der Waals surface area contributed by atoms with E-state index in [-0.39, 0.29) is 23.9 Å². The fourth-order valence-electron chi connectivity index (χ4n) is 5.58. The average molecular weight is 607 g/mol. The summed E-state index contributed by atoms with van der Waals surface area (Å²) in [4.78, 5) is 4.82. The van der Waals surface area contributed by atoms with Crippen LogP contribution in [0.1, 0.15) is 22.4 Å². The summed E-state index contributed by atoms with van der Waals surface area (Å²) >= 11 is 0. The van der Waals surface area contributed by atoms with Gasteiger partial charge in [0.25, 0.3) is 0 Å². The van der Waals surface area contributed by atoms with Gasteiger partial charge < -0.3 is 0 Å². The maximum absolute atomic E-state index is 13.8. The Balaban J connectivity index is 1.63. The van der Waals surface area contributed by atoms with E-state index in [9.17, 15) is 26.3 Å². The molecule has 0 radical (unpaired) electrons. The molecule has 0 fully saturated rings. The quantitative estimate of drug-likeness (QED) is 0.136. The lowest BCUT2D eigenvalue weighted by atomic mass is 9.35. The predicted molar refractivity (Wildman–Crippen MR) is 169 cm³/mol. The minimum Gasteiger partial charge on any atom is -0.248 e. The average Bonchev–Trinajstić information content (AvgIpc) is 3.04. The minimum atomic E-state index is -4.97. The zero-order valence-electron chi connectivity index (χ0n) is 23.6. The van der Waals surface area contributed by atoms with Crippen molar-refractivity contribution in [1.82, 2.24) is 4.98 Å². The number of hydrogen-bond donors (Lipinski definition) is 0. The highest BCUT2D eigenvalue weighted by Crippen LogP contribution is 2.40. The van der Waals surface area contributed by atoms with Gasteiger partial charge in [-0.3, -0.25) is 0 Å². The highest BCUT2D eigenvalue weighted by Gasteiger charge is 2.37. The molecule has 0 bridgehead atoms. The zero-order valence-corrected chi connectivity index (χ0v) is 23.6. The summed E-state index contributed by atoms with van der Waals surface area (Å²) in [7, 11) is 0. The molecule has 0 N–H and O–H groups in total. The number of pyridine rings is 1. The van der Waals surface area contributed by atoms with E-state index < -0.39 is 23.5 Å². The van der Waals surface area contributed by atoms with Crippen LogP contribution in [0.5, 0.6) is 0 Å². The molecular weight excluding hydrogens is 583 g/mol. The molecule has 0 spiro atoms. The Morgan fingerprint density at radius 3 is 1.58 bits per heavy atom. The van der Waals surface area contributed by atoms with E-state index >= 15 is 0 Å². The first-order valence-corrected chi connectivity index (χ1v) is 14.1. The number of nitrogens with zero attached hydrogens (tertiary/aromatic N) is 1. The van der Waals surface area contributed by atoms with Crippen LogP contribution >= 0.6 is 0 Å². The summed E-state index contributed by atoms with van der Waals surface area (Å²) in [6.45, 7) is -0.253. The molecule has 0 aliphatic rings. The monoisotopic (exact) mass is 607 g/mol. The first-order valence-electron chi connectivity index (χ1n) is 14.1. The van der Waals surface area contributed by atoms with Crippen molar-refractivity contribution in [1.29, 1.82) is 0 Å². The van der Waals surface area contributed by atoms with Gasteiger partial charge in [0.15, 0.2) is 0 Å². The molecule has 6 aromatic rings. The lowest BCUT2D eigenvalue weighted by Crippen LogP contribution is -2.43. The molecule has 8 heteroatoms. The van der Waals surface area contributed by atoms with Gasteiger partial charge in [0.2, 0.25) is 6.71 Å². The van der Waals surface area contributed by atoms with Crippen molar-refractivity contribution in [3.63, 3.8) is 0 Å². The summed E-state index contributed by atoms with van der Waals surface area (Å²) in [6.07, 6.45) is -8.07. The van der Waals surface area contributed by atoms with Gasteiger partial charge in [0, 0.05) is 5.39 Å². The van der Waals surface area contributed by atoms with E-state index in [1.807, 2.05) is 97.1 Å². The van der Waals surface area contributed by atoms with Crippen LogP contribution in [0, 0.1) is 0 Å². The lowest BCUT2D eigenvalue weighted by Gasteiger charge is -2.20. The second kappa shape index (κ2) is 12.1. The van der Waals surface area contributed by atoms with Gasteiger partial charge in [-0.2, -0.15) is 26.3 Å². The summed E-state index contributed by atoms with van der Waals surface area (Å²) in [5.74, 6) is 0. The van der Waals surface area contributed by atoms with E-state index in [0.717, 1.165) is 34.1 Å². The summed E-state index contributed by atoms with van der Waals surface area (Å²) in [6, 6.07) is 39.4. The smallest absolute Gasteiger partial charge is 0.248 e. The molecule has 222 valence electrons. The Morgan fingerprint density at radius 1 is 0.556 bits per heavy atom. The molecular formula is C37H24BF6N. The fraction of sp³-hybridized carbons (Fsp3) is 0.0541. The Kier molecular flexibility index (Phi) is 8.06. The maximum Gasteiger partial charge on any atom is 0.416 e. The van der Waals surface area contributed by atoms with E-state index in [4.69, 9.17) is 4.98 Å². The Morgan fingerprint density at radius 2 is 1.04 bits per heavy atom. The van der Waals surface area contributed by atoms with Crippen molar-refractivity contribution >= 4 is 40.1 Å². The largest absolute Gasteiger partial charge is 0.416 e. The van der Waals surface area contributed by atoms with Gasteiger partial charge in [-0.1, -0.05) is 126 Å². The third-order valence-electron chi connectivity index (χ3n) is 7.62. The van der Waals surface area contributed by atoms with Crippen molar-refractivity contribution in [2.24, 2.45) is 0 Å². The third kappa shape index (κ3) is 6.55. The number of hydrogen-bond acceptors (Lipinski definition) is 1. The Bertz CT molecular complexity index is 1900. The molecule has 0 aliphatic heterocycles. The summed E-state index contributed by atoms with van der Waals surface area (Å²) < 4.78 is 83.0. The molecule has 5 aromatic carbocycles. The van der Waals surface area contributed by atoms with Gasteiger partial charge >= 0.3 is 12.4 Å². The van der Waals surface area contributed by atoms with Crippen molar-refractivity contribution in [2.45, 2.75) is 12.4 Å². The van der Waals surface area contributed by atoms with Gasteiger partial charge in [0.05, 0.1) is 22.3 Å². The second-order valence-electron chi connectivity index (χ2n) is 10.6. The Hall–Kier alpha value is -5.11. The lowest BCUT2D eigenvalue weighted by molar-refractivity contribution is -0.143. The number of para-hydroxylation sites is 1. The number of benzene rings is 5. The molecule has 45 heavy (non-hydrogen) atoms. The molecule has 0 saturated carbocycles. The highest BCUT2D eigenvalue weighted by molar-refractivity contribution is 7.00. The third-order valence-corrected chi connectivity index (χ3v) is 7.62. The minimum absolute atomic E-state index is 0.144. The molecule has 0 saturated heterocycles. The number of rotatable bonds is 6. The van der Waals surface area contributed by atoms with E-state index in [2.05, 4.69) is 0 Å². The van der Waals surface area contributed by atoms with Crippen LogP contribution < -0.4 is 10.9 Å². The SMILES string of the molecule is FC(F)(F)c1cc(-c2cc(/C=C(\B(c3ccccc3)c3ccccc3)c3ccccc3)nc3ccccc23)cc(C(F)(F)F)c1. The van der Waals surface area contributed by atoms with Crippen LogP contribution in [-0.2, 0) is 12.4 Å². The first kappa shape index (κ1) is 29.9. The van der Waals surface area contributed by atoms with Crippen LogP contribution in [0.3, 0.4) is 0 Å². The number of alkyl halides is 6. The molecule has 0 atom stereocenters. The van der Waals surface area contributed by atoms with E-state index in [1.165, 1.54) is 0 Å². The van der Waals surface area contributed by atoms with Crippen molar-refractivity contribution in [3.8, 4) is 11.1 Å². The van der Waals surface area contributed by atoms with Crippen molar-refractivity contribution in [3.05, 3.63) is 162 Å². The normalized spacial score (nSPS) is 12.4. The summed E-state index contributed by atoms with van der Waals surface area (Å²) in [5, 5.41) is 0.436. The second-order valence-corrected chi connectivity index (χ2v) is 10.6. The van der Waals surface area contributed by atoms with E-state index in [0.29, 0.717) is 16.6 Å². The molecule has 0 amide bonds. The topological polar surface area (TPSA) is 12.9 Å². The molecule has 6 rings (SSSR count). The van der Waals surface area contributed by atoms with Crippen LogP contribution in [0.15, 0.2) is 140 Å². The number of fused-ring (bicyclic) bond motifs is 1. The van der Waals surface area contributed by atoms with Gasteiger partial charge in [-0.15, -0.1) is 0 Å².